The average Bonchev–Trinajstić information content (AvgIpc) is 3.39. The van der Waals surface area contributed by atoms with E-state index in [-0.39, 0.29) is 18.5 Å². The van der Waals surface area contributed by atoms with Gasteiger partial charge >= 0.3 is 5.97 Å². The highest BCUT2D eigenvalue weighted by Gasteiger charge is 2.20. The van der Waals surface area contributed by atoms with E-state index in [1.54, 1.807) is 0 Å². The summed E-state index contributed by atoms with van der Waals surface area (Å²) in [4.78, 5) is 24.6. The number of nitrogens with one attached hydrogen (secondary N) is 1. The quantitative estimate of drug-likeness (QED) is 0.0320. The maximum Gasteiger partial charge on any atom is 0.305 e. The second-order valence-electron chi connectivity index (χ2n) is 23.2. The summed E-state index contributed by atoms with van der Waals surface area (Å²) in [5.74, 6) is -0.0280. The van der Waals surface area contributed by atoms with E-state index in [0.29, 0.717) is 25.9 Å². The van der Waals surface area contributed by atoms with Crippen molar-refractivity contribution in [3.63, 3.8) is 0 Å². The number of hydrogen-bond donors (Lipinski definition) is 3. The number of hydrogen-bond acceptors (Lipinski definition) is 5. The second-order valence-corrected chi connectivity index (χ2v) is 23.2. The van der Waals surface area contributed by atoms with E-state index in [9.17, 15) is 19.8 Å². The standard InChI is InChI=1S/C67H131NO5/c1-3-5-7-9-11-13-15-17-19-21-24-29-33-37-41-45-49-53-57-61-67(72)73-62-58-54-50-46-42-38-34-30-26-23-22-25-28-32-36-40-44-48-52-56-60-66(71)68-64(63-69)65(70)59-55-51-47-43-39-35-31-27-20-18-16-14-12-10-8-6-4-2/h22,25,64-65,69-70H,3-21,23-24,26-63H2,1-2H3,(H,68,71)/b25-22-. The van der Waals surface area contributed by atoms with E-state index in [0.717, 1.165) is 38.5 Å². The fraction of sp³-hybridized carbons (Fsp3) is 0.940. The molecular formula is C67H131NO5. The molecule has 0 aromatic heterocycles. The van der Waals surface area contributed by atoms with Gasteiger partial charge in [0.2, 0.25) is 5.91 Å². The molecule has 0 radical (unpaired) electrons. The zero-order chi connectivity index (χ0) is 52.9. The van der Waals surface area contributed by atoms with Gasteiger partial charge in [-0.2, -0.15) is 0 Å². The third-order valence-electron chi connectivity index (χ3n) is 15.8. The molecule has 0 aliphatic heterocycles. The molecule has 3 N–H and O–H groups in total. The molecule has 0 aromatic carbocycles. The Balaban J connectivity index is 3.40. The lowest BCUT2D eigenvalue weighted by atomic mass is 10.0. The summed E-state index contributed by atoms with van der Waals surface area (Å²) >= 11 is 0. The summed E-state index contributed by atoms with van der Waals surface area (Å²) < 4.78 is 5.50. The van der Waals surface area contributed by atoms with Crippen LogP contribution in [0.2, 0.25) is 0 Å². The molecule has 0 rings (SSSR count). The molecule has 0 saturated heterocycles. The largest absolute Gasteiger partial charge is 0.466 e. The van der Waals surface area contributed by atoms with Gasteiger partial charge in [-0.1, -0.05) is 328 Å². The van der Waals surface area contributed by atoms with E-state index in [1.165, 1.54) is 308 Å². The van der Waals surface area contributed by atoms with Crippen molar-refractivity contribution < 1.29 is 24.5 Å². The molecule has 2 atom stereocenters. The first kappa shape index (κ1) is 71.6. The number of rotatable bonds is 63. The summed E-state index contributed by atoms with van der Waals surface area (Å²) in [5.41, 5.74) is 0. The molecule has 434 valence electrons. The SMILES string of the molecule is CCCCCCCCCCCCCCCCCCCCCC(=O)OCCCCCCCCCCC/C=C\CCCCCCCCCC(=O)NC(CO)C(O)CCCCCCCCCCCCCCCCCCC. The Labute approximate surface area is 457 Å². The highest BCUT2D eigenvalue weighted by atomic mass is 16.5. The first-order valence-electron chi connectivity index (χ1n) is 33.4. The van der Waals surface area contributed by atoms with Crippen molar-refractivity contribution in [2.75, 3.05) is 13.2 Å². The normalized spacial score (nSPS) is 12.5. The van der Waals surface area contributed by atoms with Gasteiger partial charge in [0, 0.05) is 12.8 Å². The summed E-state index contributed by atoms with van der Waals surface area (Å²) in [7, 11) is 0. The van der Waals surface area contributed by atoms with E-state index < -0.39 is 12.1 Å². The summed E-state index contributed by atoms with van der Waals surface area (Å²) in [6.07, 6.45) is 76.6. The lowest BCUT2D eigenvalue weighted by Crippen LogP contribution is -2.45. The fourth-order valence-corrected chi connectivity index (χ4v) is 10.7. The fourth-order valence-electron chi connectivity index (χ4n) is 10.7. The van der Waals surface area contributed by atoms with Gasteiger partial charge in [-0.05, 0) is 51.4 Å². The molecule has 0 aliphatic rings. The molecule has 0 aliphatic carbocycles. The average molecular weight is 1030 g/mol. The Morgan fingerprint density at radius 1 is 0.370 bits per heavy atom. The predicted molar refractivity (Wildman–Crippen MR) is 320 cm³/mol. The van der Waals surface area contributed by atoms with Crippen LogP contribution < -0.4 is 5.32 Å². The van der Waals surface area contributed by atoms with Crippen molar-refractivity contribution in [3.05, 3.63) is 12.2 Å². The number of amides is 1. The smallest absolute Gasteiger partial charge is 0.305 e. The molecule has 6 heteroatoms. The van der Waals surface area contributed by atoms with Gasteiger partial charge in [0.25, 0.3) is 0 Å². The lowest BCUT2D eigenvalue weighted by molar-refractivity contribution is -0.143. The minimum atomic E-state index is -0.669. The Bertz CT molecular complexity index is 1100. The van der Waals surface area contributed by atoms with Gasteiger partial charge < -0.3 is 20.3 Å². The van der Waals surface area contributed by atoms with Gasteiger partial charge in [-0.25, -0.2) is 0 Å². The van der Waals surface area contributed by atoms with Crippen LogP contribution in [-0.4, -0.2) is 47.4 Å². The van der Waals surface area contributed by atoms with Crippen LogP contribution in [0.15, 0.2) is 12.2 Å². The lowest BCUT2D eigenvalue weighted by Gasteiger charge is -2.22. The summed E-state index contributed by atoms with van der Waals surface area (Å²) in [5, 5.41) is 23.3. The van der Waals surface area contributed by atoms with Crippen molar-refractivity contribution in [2.24, 2.45) is 0 Å². The monoisotopic (exact) mass is 1030 g/mol. The van der Waals surface area contributed by atoms with E-state index in [2.05, 4.69) is 31.3 Å². The molecule has 0 heterocycles. The second kappa shape index (κ2) is 63.1. The van der Waals surface area contributed by atoms with Crippen LogP contribution in [0, 0.1) is 0 Å². The number of aliphatic hydroxyl groups is 2. The molecule has 1 amide bonds. The topological polar surface area (TPSA) is 95.9 Å². The number of esters is 1. The third-order valence-corrected chi connectivity index (χ3v) is 15.8. The molecule has 73 heavy (non-hydrogen) atoms. The first-order valence-corrected chi connectivity index (χ1v) is 33.4. The molecule has 0 fully saturated rings. The third kappa shape index (κ3) is 59.7. The van der Waals surface area contributed by atoms with Crippen molar-refractivity contribution >= 4 is 11.9 Å². The minimum absolute atomic E-state index is 0.0121. The predicted octanol–water partition coefficient (Wildman–Crippen LogP) is 21.2. The van der Waals surface area contributed by atoms with Crippen LogP contribution in [0.1, 0.15) is 380 Å². The maximum atomic E-state index is 12.5. The molecule has 0 bridgehead atoms. The molecule has 0 spiro atoms. The molecule has 6 nitrogen and oxygen atoms in total. The van der Waals surface area contributed by atoms with Crippen LogP contribution in [-0.2, 0) is 14.3 Å². The van der Waals surface area contributed by atoms with Crippen LogP contribution in [0.3, 0.4) is 0 Å². The molecule has 2 unspecified atom stereocenters. The number of aliphatic hydroxyl groups excluding tert-OH is 2. The number of allylic oxidation sites excluding steroid dienone is 2. The van der Waals surface area contributed by atoms with Gasteiger partial charge in [0.15, 0.2) is 0 Å². The van der Waals surface area contributed by atoms with Gasteiger partial charge in [0.05, 0.1) is 25.4 Å². The van der Waals surface area contributed by atoms with Crippen molar-refractivity contribution in [3.8, 4) is 0 Å². The van der Waals surface area contributed by atoms with Crippen LogP contribution in [0.4, 0.5) is 0 Å². The molecular weight excluding hydrogens is 899 g/mol. The highest BCUT2D eigenvalue weighted by molar-refractivity contribution is 5.76. The minimum Gasteiger partial charge on any atom is -0.466 e. The van der Waals surface area contributed by atoms with Crippen LogP contribution >= 0.6 is 0 Å². The Morgan fingerprint density at radius 2 is 0.644 bits per heavy atom. The highest BCUT2D eigenvalue weighted by Crippen LogP contribution is 2.19. The van der Waals surface area contributed by atoms with Crippen LogP contribution in [0.25, 0.3) is 0 Å². The zero-order valence-electron chi connectivity index (χ0n) is 49.6. The summed E-state index contributed by atoms with van der Waals surface area (Å²) in [6.45, 7) is 4.98. The Kier molecular flexibility index (Phi) is 61.9. The van der Waals surface area contributed by atoms with Gasteiger partial charge in [0.1, 0.15) is 0 Å². The Hall–Kier alpha value is -1.40. The Morgan fingerprint density at radius 3 is 0.973 bits per heavy atom. The maximum absolute atomic E-state index is 12.5. The van der Waals surface area contributed by atoms with Gasteiger partial charge in [-0.3, -0.25) is 9.59 Å². The number of ether oxygens (including phenoxy) is 1. The summed E-state index contributed by atoms with van der Waals surface area (Å²) in [6, 6.07) is -0.547. The van der Waals surface area contributed by atoms with Crippen molar-refractivity contribution in [1.82, 2.24) is 5.32 Å². The first-order chi connectivity index (χ1) is 36.0. The number of carbonyl (C=O) groups is 2. The van der Waals surface area contributed by atoms with Crippen molar-refractivity contribution in [1.29, 1.82) is 0 Å². The van der Waals surface area contributed by atoms with E-state index in [1.807, 2.05) is 0 Å². The van der Waals surface area contributed by atoms with Gasteiger partial charge in [-0.15, -0.1) is 0 Å². The number of unbranched alkanes of at least 4 members (excludes halogenated alkanes) is 50. The molecule has 0 saturated carbocycles. The van der Waals surface area contributed by atoms with E-state index in [4.69, 9.17) is 4.74 Å². The number of carbonyl (C=O) groups excluding carboxylic acids is 2. The zero-order valence-corrected chi connectivity index (χ0v) is 49.6. The van der Waals surface area contributed by atoms with Crippen LogP contribution in [0.5, 0.6) is 0 Å². The van der Waals surface area contributed by atoms with Crippen molar-refractivity contribution in [2.45, 2.75) is 392 Å². The van der Waals surface area contributed by atoms with E-state index >= 15 is 0 Å². The molecule has 0 aromatic rings.